The minimum atomic E-state index is -0.804. The average molecular weight is 638 g/mol. The molecule has 1 aliphatic carbocycles. The van der Waals surface area contributed by atoms with Gasteiger partial charge >= 0.3 is 0 Å². The van der Waals surface area contributed by atoms with Crippen LogP contribution >= 0.6 is 0 Å². The van der Waals surface area contributed by atoms with Gasteiger partial charge in [0.15, 0.2) is 11.6 Å². The zero-order valence-electron chi connectivity index (χ0n) is 27.0. The molecule has 47 heavy (non-hydrogen) atoms. The maximum absolute atomic E-state index is 13.7. The zero-order chi connectivity index (χ0) is 33.5. The number of nitrogens with two attached hydrogens (primary N) is 1. The first-order valence-corrected chi connectivity index (χ1v) is 16.4. The second kappa shape index (κ2) is 15.2. The number of fused-ring (bicyclic) bond motifs is 2. The molecule has 10 heteroatoms. The van der Waals surface area contributed by atoms with E-state index in [4.69, 9.17) is 5.73 Å². The van der Waals surface area contributed by atoms with Gasteiger partial charge in [-0.1, -0.05) is 80.6 Å². The topological polar surface area (TPSA) is 151 Å². The highest BCUT2D eigenvalue weighted by Gasteiger charge is 2.38. The fourth-order valence-electron chi connectivity index (χ4n) is 6.37. The van der Waals surface area contributed by atoms with Crippen LogP contribution in [-0.4, -0.2) is 71.9 Å². The Bertz CT molecular complexity index is 1640. The molecule has 5 rings (SSSR count). The molecule has 2 aliphatic rings. The Morgan fingerprint density at radius 3 is 2.28 bits per heavy atom. The summed E-state index contributed by atoms with van der Waals surface area (Å²) in [6.45, 7) is 5.22. The van der Waals surface area contributed by atoms with E-state index >= 15 is 0 Å². The number of likely N-dealkylation sites (tertiary alicyclic amines) is 1. The van der Waals surface area contributed by atoms with Crippen molar-refractivity contribution >= 4 is 35.0 Å². The van der Waals surface area contributed by atoms with Crippen LogP contribution in [0, 0.1) is 5.92 Å². The highest BCUT2D eigenvalue weighted by Crippen LogP contribution is 2.32. The molecule has 0 aromatic heterocycles. The third-order valence-electron chi connectivity index (χ3n) is 8.72. The number of nitrogens with zero attached hydrogens (tertiary/aromatic N) is 1. The summed E-state index contributed by atoms with van der Waals surface area (Å²) in [5.41, 5.74) is 9.27. The zero-order valence-corrected chi connectivity index (χ0v) is 27.0. The molecule has 3 aromatic rings. The molecule has 5 N–H and O–H groups in total. The van der Waals surface area contributed by atoms with Crippen LogP contribution in [0.1, 0.15) is 76.9 Å². The standard InChI is InChI=1S/C37H43N5O5/c1-23(2)21-30(41-35(45)28(38)22-24-11-4-3-5-12-24)37(47)42-20-9-17-31(42)36(46)40-19-10-18-39-29-16-8-15-27-32(29)34(44)26-14-7-6-13-25(26)33(27)43/h3-8,11-16,23,28,30-31,39H,9-10,17-22,38H2,1-2H3,(H,40,46)(H,41,45)/t28-,30-,31-/m0/s1. The van der Waals surface area contributed by atoms with Gasteiger partial charge < -0.3 is 26.6 Å². The summed E-state index contributed by atoms with van der Waals surface area (Å²) in [5.74, 6) is -1.13. The minimum Gasteiger partial charge on any atom is -0.384 e. The van der Waals surface area contributed by atoms with E-state index in [1.807, 2.05) is 44.2 Å². The summed E-state index contributed by atoms with van der Waals surface area (Å²) >= 11 is 0. The average Bonchev–Trinajstić information content (AvgIpc) is 3.57. The van der Waals surface area contributed by atoms with E-state index in [0.717, 1.165) is 5.56 Å². The van der Waals surface area contributed by atoms with Gasteiger partial charge in [-0.05, 0) is 49.7 Å². The largest absolute Gasteiger partial charge is 0.384 e. The fraction of sp³-hybridized carbons (Fsp3) is 0.378. The molecule has 246 valence electrons. The Labute approximate surface area is 275 Å². The number of anilines is 1. The summed E-state index contributed by atoms with van der Waals surface area (Å²) in [6.07, 6.45) is 2.58. The van der Waals surface area contributed by atoms with E-state index in [-0.39, 0.29) is 29.3 Å². The lowest BCUT2D eigenvalue weighted by molar-refractivity contribution is -0.141. The molecule has 3 aromatic carbocycles. The first-order valence-electron chi connectivity index (χ1n) is 16.4. The van der Waals surface area contributed by atoms with E-state index in [1.165, 1.54) is 0 Å². The maximum Gasteiger partial charge on any atom is 0.245 e. The molecule has 1 fully saturated rings. The maximum atomic E-state index is 13.7. The van der Waals surface area contributed by atoms with Crippen molar-refractivity contribution in [1.29, 1.82) is 0 Å². The van der Waals surface area contributed by atoms with E-state index in [1.54, 1.807) is 47.4 Å². The molecular weight excluding hydrogens is 594 g/mol. The third-order valence-corrected chi connectivity index (χ3v) is 8.72. The quantitative estimate of drug-likeness (QED) is 0.164. The van der Waals surface area contributed by atoms with E-state index < -0.39 is 24.0 Å². The molecule has 0 radical (unpaired) electrons. The van der Waals surface area contributed by atoms with Crippen LogP contribution in [-0.2, 0) is 20.8 Å². The van der Waals surface area contributed by atoms with Crippen LogP contribution in [0.5, 0.6) is 0 Å². The van der Waals surface area contributed by atoms with Crippen molar-refractivity contribution in [1.82, 2.24) is 15.5 Å². The first-order chi connectivity index (χ1) is 22.7. The van der Waals surface area contributed by atoms with Crippen molar-refractivity contribution in [3.8, 4) is 0 Å². The summed E-state index contributed by atoms with van der Waals surface area (Å²) in [6, 6.07) is 19.3. The Hall–Kier alpha value is -4.83. The number of benzene rings is 3. The lowest BCUT2D eigenvalue weighted by atomic mass is 9.83. The number of hydrogen-bond acceptors (Lipinski definition) is 7. The molecule has 3 amide bonds. The van der Waals surface area contributed by atoms with Crippen LogP contribution in [0.25, 0.3) is 0 Å². The number of rotatable bonds is 13. The van der Waals surface area contributed by atoms with Gasteiger partial charge in [0.1, 0.15) is 12.1 Å². The second-order valence-corrected chi connectivity index (χ2v) is 12.7. The monoisotopic (exact) mass is 637 g/mol. The molecule has 0 saturated carbocycles. The Kier molecular flexibility index (Phi) is 10.8. The highest BCUT2D eigenvalue weighted by atomic mass is 16.2. The Morgan fingerprint density at radius 2 is 1.55 bits per heavy atom. The molecule has 0 spiro atoms. The van der Waals surface area contributed by atoms with Gasteiger partial charge in [0.2, 0.25) is 17.7 Å². The second-order valence-electron chi connectivity index (χ2n) is 12.7. The molecule has 0 unspecified atom stereocenters. The highest BCUT2D eigenvalue weighted by molar-refractivity contribution is 6.30. The third kappa shape index (κ3) is 7.77. The molecule has 1 heterocycles. The van der Waals surface area contributed by atoms with Crippen LogP contribution in [0.15, 0.2) is 72.8 Å². The van der Waals surface area contributed by atoms with Gasteiger partial charge in [-0.25, -0.2) is 0 Å². The van der Waals surface area contributed by atoms with Gasteiger partial charge in [0.25, 0.3) is 0 Å². The van der Waals surface area contributed by atoms with E-state index in [2.05, 4.69) is 16.0 Å². The lowest BCUT2D eigenvalue weighted by Crippen LogP contribution is -2.56. The van der Waals surface area contributed by atoms with Gasteiger partial charge in [0.05, 0.1) is 11.6 Å². The minimum absolute atomic E-state index is 0.135. The Morgan fingerprint density at radius 1 is 0.872 bits per heavy atom. The van der Waals surface area contributed by atoms with Crippen molar-refractivity contribution < 1.29 is 24.0 Å². The first kappa shape index (κ1) is 33.5. The molecule has 0 bridgehead atoms. The summed E-state index contributed by atoms with van der Waals surface area (Å²) in [7, 11) is 0. The van der Waals surface area contributed by atoms with Crippen LogP contribution < -0.4 is 21.7 Å². The molecule has 10 nitrogen and oxygen atoms in total. The van der Waals surface area contributed by atoms with Gasteiger partial charge in [-0.2, -0.15) is 0 Å². The lowest BCUT2D eigenvalue weighted by Gasteiger charge is -2.30. The van der Waals surface area contributed by atoms with Crippen LogP contribution in [0.3, 0.4) is 0 Å². The van der Waals surface area contributed by atoms with Gasteiger partial charge in [-0.3, -0.25) is 24.0 Å². The number of nitrogens with one attached hydrogen (secondary N) is 3. The van der Waals surface area contributed by atoms with Crippen LogP contribution in [0.2, 0.25) is 0 Å². The predicted molar refractivity (Wildman–Crippen MR) is 180 cm³/mol. The number of carbonyl (C=O) groups is 5. The predicted octanol–water partition coefficient (Wildman–Crippen LogP) is 3.47. The normalized spacial score (nSPS) is 16.7. The summed E-state index contributed by atoms with van der Waals surface area (Å²) < 4.78 is 0. The molecular formula is C37H43N5O5. The molecule has 3 atom stereocenters. The van der Waals surface area contributed by atoms with Crippen molar-refractivity contribution in [3.05, 3.63) is 101 Å². The van der Waals surface area contributed by atoms with Crippen molar-refractivity contribution in [2.45, 2.75) is 64.1 Å². The van der Waals surface area contributed by atoms with E-state index in [0.29, 0.717) is 79.7 Å². The summed E-state index contributed by atoms with van der Waals surface area (Å²) in [5, 5.41) is 9.09. The fourth-order valence-corrected chi connectivity index (χ4v) is 6.37. The number of hydrogen-bond donors (Lipinski definition) is 4. The number of carbonyl (C=O) groups excluding carboxylic acids is 5. The SMILES string of the molecule is CC(C)C[C@H](NC(=O)[C@@H](N)Cc1ccccc1)C(=O)N1CCC[C@H]1C(=O)NCCCNc1cccc2c1C(=O)c1ccccc1C2=O. The van der Waals surface area contributed by atoms with E-state index in [9.17, 15) is 24.0 Å². The molecule has 1 saturated heterocycles. The summed E-state index contributed by atoms with van der Waals surface area (Å²) in [4.78, 5) is 67.8. The van der Waals surface area contributed by atoms with Crippen molar-refractivity contribution in [2.75, 3.05) is 25.0 Å². The van der Waals surface area contributed by atoms with Crippen molar-refractivity contribution in [2.24, 2.45) is 11.7 Å². The molecule has 1 aliphatic heterocycles. The number of ketones is 2. The van der Waals surface area contributed by atoms with Gasteiger partial charge in [0, 0.05) is 42.0 Å². The number of amides is 3. The Balaban J connectivity index is 1.14. The van der Waals surface area contributed by atoms with Crippen LogP contribution in [0.4, 0.5) is 5.69 Å². The van der Waals surface area contributed by atoms with Crippen molar-refractivity contribution in [3.63, 3.8) is 0 Å². The van der Waals surface area contributed by atoms with Gasteiger partial charge in [-0.15, -0.1) is 0 Å². The smallest absolute Gasteiger partial charge is 0.245 e.